The number of carbonyl (C=O) groups is 1. The molecule has 1 atom stereocenters. The van der Waals surface area contributed by atoms with Crippen LogP contribution in [0.1, 0.15) is 31.7 Å². The van der Waals surface area contributed by atoms with Gasteiger partial charge in [-0.2, -0.15) is 0 Å². The summed E-state index contributed by atoms with van der Waals surface area (Å²) in [5, 5.41) is 2.58. The summed E-state index contributed by atoms with van der Waals surface area (Å²) in [6.45, 7) is 3.92. The normalized spacial score (nSPS) is 12.1. The van der Waals surface area contributed by atoms with E-state index in [2.05, 4.69) is 24.1 Å². The number of aromatic nitrogens is 1. The average molecular weight is 490 g/mol. The van der Waals surface area contributed by atoms with Gasteiger partial charge in [-0.1, -0.05) is 26.0 Å². The second-order valence-corrected chi connectivity index (χ2v) is 7.86. The Morgan fingerprint density at radius 1 is 0.971 bits per heavy atom. The lowest BCUT2D eigenvalue weighted by Gasteiger charge is -2.11. The number of hydrogen-bond donors (Lipinski definition) is 1. The number of rotatable bonds is 7. The predicted octanol–water partition coefficient (Wildman–Crippen LogP) is 6.72. The molecule has 35 heavy (non-hydrogen) atoms. The van der Waals surface area contributed by atoms with Crippen LogP contribution in [-0.4, -0.2) is 17.5 Å². The molecule has 0 saturated heterocycles. The number of fused-ring (bicyclic) bond motifs is 1. The van der Waals surface area contributed by atoms with E-state index in [-0.39, 0.29) is 23.4 Å². The summed E-state index contributed by atoms with van der Waals surface area (Å²) < 4.78 is 79.2. The number of carbonyl (C=O) groups excluding carboxylic acids is 1. The number of benzene rings is 3. The minimum atomic E-state index is -2.28. The fraction of sp³-hybridized carbons (Fsp3) is 0.200. The van der Waals surface area contributed by atoms with Crippen molar-refractivity contribution in [1.82, 2.24) is 4.98 Å². The van der Waals surface area contributed by atoms with E-state index >= 15 is 0 Å². The van der Waals surface area contributed by atoms with Crippen molar-refractivity contribution in [1.29, 1.82) is 0 Å². The summed E-state index contributed by atoms with van der Waals surface area (Å²) in [6.07, 6.45) is 1.00. The summed E-state index contributed by atoms with van der Waals surface area (Å²) in [5.41, 5.74) is 0.185. The van der Waals surface area contributed by atoms with Crippen LogP contribution in [0.15, 0.2) is 46.9 Å². The number of nitrogens with one attached hydrogen (secondary N) is 1. The Bertz CT molecular complexity index is 1370. The van der Waals surface area contributed by atoms with Crippen LogP contribution in [0, 0.1) is 29.1 Å². The zero-order valence-corrected chi connectivity index (χ0v) is 18.6. The number of halogens is 5. The van der Waals surface area contributed by atoms with E-state index < -0.39 is 46.4 Å². The maximum Gasteiger partial charge on any atom is 0.262 e. The third-order valence-electron chi connectivity index (χ3n) is 5.53. The van der Waals surface area contributed by atoms with E-state index in [1.807, 2.05) is 12.1 Å². The third kappa shape index (κ3) is 4.82. The van der Waals surface area contributed by atoms with Gasteiger partial charge in [0.25, 0.3) is 5.91 Å². The van der Waals surface area contributed by atoms with E-state index in [1.54, 1.807) is 12.1 Å². The highest BCUT2D eigenvalue weighted by Gasteiger charge is 2.29. The quantitative estimate of drug-likeness (QED) is 0.177. The zero-order valence-electron chi connectivity index (χ0n) is 18.6. The highest BCUT2D eigenvalue weighted by Crippen LogP contribution is 2.33. The van der Waals surface area contributed by atoms with Gasteiger partial charge < -0.3 is 14.5 Å². The molecule has 0 radical (unpaired) electrons. The molecule has 1 aromatic heterocycles. The molecule has 1 heterocycles. The number of oxazole rings is 1. The topological polar surface area (TPSA) is 64.4 Å². The Labute approximate surface area is 196 Å². The minimum Gasteiger partial charge on any atom is -0.484 e. The molecule has 3 aromatic carbocycles. The molecule has 182 valence electrons. The SMILES string of the molecule is CC[C@H](C)c1ccc(OCC(=O)Nc2ccc3oc(-c4c(F)c(F)c(F)c(F)c4F)nc3c2)cc1. The van der Waals surface area contributed by atoms with Gasteiger partial charge in [0.1, 0.15) is 16.8 Å². The molecular formula is C25H19F5N2O3. The van der Waals surface area contributed by atoms with Gasteiger partial charge in [0.2, 0.25) is 11.7 Å². The summed E-state index contributed by atoms with van der Waals surface area (Å²) in [6, 6.07) is 11.5. The third-order valence-corrected chi connectivity index (χ3v) is 5.53. The molecule has 1 amide bonds. The van der Waals surface area contributed by atoms with Crippen molar-refractivity contribution in [2.24, 2.45) is 0 Å². The number of amides is 1. The maximum absolute atomic E-state index is 14.1. The predicted molar refractivity (Wildman–Crippen MR) is 119 cm³/mol. The molecule has 0 aliphatic heterocycles. The van der Waals surface area contributed by atoms with Crippen LogP contribution >= 0.6 is 0 Å². The largest absolute Gasteiger partial charge is 0.484 e. The van der Waals surface area contributed by atoms with Crippen molar-refractivity contribution in [2.45, 2.75) is 26.2 Å². The number of nitrogens with zero attached hydrogens (tertiary/aromatic N) is 1. The number of ether oxygens (including phenoxy) is 1. The van der Waals surface area contributed by atoms with Crippen molar-refractivity contribution in [3.63, 3.8) is 0 Å². The molecule has 1 N–H and O–H groups in total. The van der Waals surface area contributed by atoms with Gasteiger partial charge in [-0.15, -0.1) is 0 Å². The monoisotopic (exact) mass is 490 g/mol. The van der Waals surface area contributed by atoms with Crippen LogP contribution in [0.5, 0.6) is 5.75 Å². The van der Waals surface area contributed by atoms with Gasteiger partial charge >= 0.3 is 0 Å². The Morgan fingerprint density at radius 2 is 1.60 bits per heavy atom. The lowest BCUT2D eigenvalue weighted by Crippen LogP contribution is -2.20. The fourth-order valence-electron chi connectivity index (χ4n) is 3.38. The minimum absolute atomic E-state index is 0.0135. The Kier molecular flexibility index (Phi) is 6.72. The number of hydrogen-bond acceptors (Lipinski definition) is 4. The van der Waals surface area contributed by atoms with E-state index in [4.69, 9.17) is 9.15 Å². The van der Waals surface area contributed by atoms with Crippen LogP contribution in [0.25, 0.3) is 22.6 Å². The molecule has 0 spiro atoms. The first-order valence-corrected chi connectivity index (χ1v) is 10.6. The Hall–Kier alpha value is -3.95. The molecule has 0 aliphatic rings. The fourth-order valence-corrected chi connectivity index (χ4v) is 3.38. The van der Waals surface area contributed by atoms with Crippen LogP contribution in [0.2, 0.25) is 0 Å². The van der Waals surface area contributed by atoms with Gasteiger partial charge in [0.15, 0.2) is 35.5 Å². The standard InChI is InChI=1S/C25H19F5N2O3/c1-3-12(2)13-4-7-15(8-5-13)34-11-18(33)31-14-6-9-17-16(10-14)32-25(35-17)19-20(26)22(28)24(30)23(29)21(19)27/h4-10,12H,3,11H2,1-2H3,(H,31,33)/t12-/m0/s1. The second kappa shape index (κ2) is 9.73. The molecule has 5 nitrogen and oxygen atoms in total. The molecular weight excluding hydrogens is 471 g/mol. The zero-order chi connectivity index (χ0) is 25.3. The summed E-state index contributed by atoms with van der Waals surface area (Å²) in [7, 11) is 0. The Morgan fingerprint density at radius 3 is 2.23 bits per heavy atom. The molecule has 0 bridgehead atoms. The molecule has 4 rings (SSSR count). The maximum atomic E-state index is 14.1. The van der Waals surface area contributed by atoms with Crippen molar-refractivity contribution in [3.05, 3.63) is 77.1 Å². The molecule has 0 aliphatic carbocycles. The van der Waals surface area contributed by atoms with Crippen molar-refractivity contribution in [3.8, 4) is 17.2 Å². The summed E-state index contributed by atoms with van der Waals surface area (Å²) in [5.74, 6) is -11.0. The van der Waals surface area contributed by atoms with Crippen molar-refractivity contribution in [2.75, 3.05) is 11.9 Å². The van der Waals surface area contributed by atoms with Crippen LogP contribution < -0.4 is 10.1 Å². The average Bonchev–Trinajstić information content (AvgIpc) is 3.27. The van der Waals surface area contributed by atoms with Crippen molar-refractivity contribution < 1.29 is 35.9 Å². The first-order valence-electron chi connectivity index (χ1n) is 10.6. The van der Waals surface area contributed by atoms with Crippen molar-refractivity contribution >= 4 is 22.7 Å². The molecule has 0 unspecified atom stereocenters. The lowest BCUT2D eigenvalue weighted by atomic mass is 9.99. The summed E-state index contributed by atoms with van der Waals surface area (Å²) in [4.78, 5) is 16.1. The first-order chi connectivity index (χ1) is 16.7. The molecule has 4 aromatic rings. The molecule has 10 heteroatoms. The van der Waals surface area contributed by atoms with Crippen LogP contribution in [-0.2, 0) is 4.79 Å². The van der Waals surface area contributed by atoms with Gasteiger partial charge in [0, 0.05) is 5.69 Å². The van der Waals surface area contributed by atoms with Gasteiger partial charge in [-0.25, -0.2) is 26.9 Å². The summed E-state index contributed by atoms with van der Waals surface area (Å²) >= 11 is 0. The number of anilines is 1. The first kappa shape index (κ1) is 24.2. The highest BCUT2D eigenvalue weighted by atomic mass is 19.2. The highest BCUT2D eigenvalue weighted by molar-refractivity contribution is 5.94. The van der Waals surface area contributed by atoms with E-state index in [0.717, 1.165) is 12.0 Å². The van der Waals surface area contributed by atoms with Gasteiger partial charge in [0.05, 0.1) is 0 Å². The van der Waals surface area contributed by atoms with E-state index in [9.17, 15) is 26.7 Å². The van der Waals surface area contributed by atoms with E-state index in [0.29, 0.717) is 11.7 Å². The molecule has 0 fully saturated rings. The van der Waals surface area contributed by atoms with Crippen LogP contribution in [0.3, 0.4) is 0 Å². The molecule has 0 saturated carbocycles. The van der Waals surface area contributed by atoms with Gasteiger partial charge in [-0.3, -0.25) is 4.79 Å². The van der Waals surface area contributed by atoms with Gasteiger partial charge in [-0.05, 0) is 48.2 Å². The van der Waals surface area contributed by atoms with E-state index in [1.165, 1.54) is 18.2 Å². The second-order valence-electron chi connectivity index (χ2n) is 7.86. The Balaban J connectivity index is 1.48. The smallest absolute Gasteiger partial charge is 0.262 e. The van der Waals surface area contributed by atoms with Crippen LogP contribution in [0.4, 0.5) is 27.6 Å². The lowest BCUT2D eigenvalue weighted by molar-refractivity contribution is -0.118.